The van der Waals surface area contributed by atoms with Crippen LogP contribution in [0.3, 0.4) is 0 Å². The predicted octanol–water partition coefficient (Wildman–Crippen LogP) is 3.48. The van der Waals surface area contributed by atoms with E-state index in [0.29, 0.717) is 35.3 Å². The van der Waals surface area contributed by atoms with E-state index >= 15 is 0 Å². The molecule has 5 nitrogen and oxygen atoms in total. The number of carbonyl (C=O) groups excluding carboxylic acids is 2. The first-order chi connectivity index (χ1) is 11.6. The molecule has 0 saturated heterocycles. The Kier molecular flexibility index (Phi) is 5.63. The van der Waals surface area contributed by atoms with Gasteiger partial charge < -0.3 is 10.6 Å². The summed E-state index contributed by atoms with van der Waals surface area (Å²) in [6, 6.07) is 3.64. The number of aromatic nitrogens is 1. The van der Waals surface area contributed by atoms with Gasteiger partial charge in [0.25, 0.3) is 5.91 Å². The fourth-order valence-electron chi connectivity index (χ4n) is 2.72. The average molecular weight is 364 g/mol. The van der Waals surface area contributed by atoms with E-state index in [0.717, 1.165) is 18.5 Å². The highest BCUT2D eigenvalue weighted by atomic mass is 32.1. The van der Waals surface area contributed by atoms with Crippen LogP contribution >= 0.6 is 22.7 Å². The summed E-state index contributed by atoms with van der Waals surface area (Å²) in [4.78, 5) is 30.3. The molecule has 0 radical (unpaired) electrons. The Morgan fingerprint density at radius 3 is 3.08 bits per heavy atom. The van der Waals surface area contributed by atoms with Crippen molar-refractivity contribution < 1.29 is 9.59 Å². The summed E-state index contributed by atoms with van der Waals surface area (Å²) in [5, 5.41) is 8.30. The first-order valence-corrected chi connectivity index (χ1v) is 9.91. The number of anilines is 1. The first-order valence-electron chi connectivity index (χ1n) is 8.22. The summed E-state index contributed by atoms with van der Waals surface area (Å²) in [6.07, 6.45) is 4.25. The van der Waals surface area contributed by atoms with Crippen molar-refractivity contribution in [2.24, 2.45) is 5.92 Å². The molecule has 2 aromatic rings. The third kappa shape index (κ3) is 4.42. The van der Waals surface area contributed by atoms with Gasteiger partial charge in [-0.3, -0.25) is 9.59 Å². The summed E-state index contributed by atoms with van der Waals surface area (Å²) in [7, 11) is 0. The molecule has 0 aromatic carbocycles. The molecule has 2 amide bonds. The Labute approximate surface area is 149 Å². The molecular weight excluding hydrogens is 342 g/mol. The van der Waals surface area contributed by atoms with Crippen molar-refractivity contribution in [1.29, 1.82) is 0 Å². The number of hydrogen-bond donors (Lipinski definition) is 2. The van der Waals surface area contributed by atoms with Gasteiger partial charge in [-0.1, -0.05) is 13.0 Å². The van der Waals surface area contributed by atoms with Gasteiger partial charge in [0.1, 0.15) is 0 Å². The molecule has 128 valence electrons. The van der Waals surface area contributed by atoms with Gasteiger partial charge in [0.2, 0.25) is 5.91 Å². The van der Waals surface area contributed by atoms with E-state index in [1.807, 2.05) is 11.4 Å². The molecule has 1 unspecified atom stereocenters. The highest BCUT2D eigenvalue weighted by molar-refractivity contribution is 7.15. The van der Waals surface area contributed by atoms with Gasteiger partial charge in [0, 0.05) is 17.8 Å². The molecule has 0 spiro atoms. The molecule has 2 N–H and O–H groups in total. The molecule has 1 aliphatic rings. The summed E-state index contributed by atoms with van der Waals surface area (Å²) in [5.41, 5.74) is 1.15. The van der Waals surface area contributed by atoms with Gasteiger partial charge >= 0.3 is 0 Å². The zero-order chi connectivity index (χ0) is 16.9. The third-order valence-electron chi connectivity index (χ3n) is 4.04. The maximum Gasteiger partial charge on any atom is 0.261 e. The molecule has 0 bridgehead atoms. The largest absolute Gasteiger partial charge is 0.351 e. The van der Waals surface area contributed by atoms with Gasteiger partial charge in [-0.15, -0.1) is 22.7 Å². The molecule has 0 fully saturated rings. The molecule has 2 aromatic heterocycles. The molecule has 0 aliphatic heterocycles. The molecule has 24 heavy (non-hydrogen) atoms. The normalized spacial score (nSPS) is 16.5. The summed E-state index contributed by atoms with van der Waals surface area (Å²) in [6.45, 7) is 2.75. The maximum absolute atomic E-state index is 12.0. The van der Waals surface area contributed by atoms with E-state index in [2.05, 4.69) is 22.5 Å². The highest BCUT2D eigenvalue weighted by Crippen LogP contribution is 2.32. The van der Waals surface area contributed by atoms with E-state index in [1.54, 1.807) is 17.4 Å². The number of amides is 2. The van der Waals surface area contributed by atoms with Crippen LogP contribution in [-0.2, 0) is 17.6 Å². The number of rotatable bonds is 6. The van der Waals surface area contributed by atoms with Crippen LogP contribution in [0, 0.1) is 5.92 Å². The molecule has 0 saturated carbocycles. The number of thiazole rings is 1. The minimum Gasteiger partial charge on any atom is -0.351 e. The molecule has 1 aliphatic carbocycles. The smallest absolute Gasteiger partial charge is 0.261 e. The molecular formula is C17H21N3O2S2. The SMILES string of the molecule is CC1CCc2nc(NC(=O)CCCNC(=O)c3cccs3)sc2C1. The Balaban J connectivity index is 1.39. The Hall–Kier alpha value is -1.73. The van der Waals surface area contributed by atoms with Gasteiger partial charge in [0.05, 0.1) is 10.6 Å². The van der Waals surface area contributed by atoms with Crippen LogP contribution < -0.4 is 10.6 Å². The fraction of sp³-hybridized carbons (Fsp3) is 0.471. The van der Waals surface area contributed by atoms with Crippen molar-refractivity contribution in [2.75, 3.05) is 11.9 Å². The number of hydrogen-bond acceptors (Lipinski definition) is 5. The number of nitrogens with one attached hydrogen (secondary N) is 2. The van der Waals surface area contributed by atoms with Crippen molar-refractivity contribution >= 4 is 39.6 Å². The quantitative estimate of drug-likeness (QED) is 0.772. The van der Waals surface area contributed by atoms with E-state index in [-0.39, 0.29) is 11.8 Å². The van der Waals surface area contributed by atoms with Crippen molar-refractivity contribution in [1.82, 2.24) is 10.3 Å². The van der Waals surface area contributed by atoms with Crippen LogP contribution in [0.15, 0.2) is 17.5 Å². The number of carbonyl (C=O) groups is 2. The number of nitrogens with zero attached hydrogens (tertiary/aromatic N) is 1. The van der Waals surface area contributed by atoms with E-state index in [4.69, 9.17) is 0 Å². The molecule has 1 atom stereocenters. The van der Waals surface area contributed by atoms with Crippen LogP contribution in [0.25, 0.3) is 0 Å². The van der Waals surface area contributed by atoms with Gasteiger partial charge in [-0.2, -0.15) is 0 Å². The lowest BCUT2D eigenvalue weighted by Gasteiger charge is -2.15. The third-order valence-corrected chi connectivity index (χ3v) is 5.95. The molecule has 2 heterocycles. The van der Waals surface area contributed by atoms with Crippen LogP contribution in [0.4, 0.5) is 5.13 Å². The lowest BCUT2D eigenvalue weighted by atomic mass is 9.93. The number of aryl methyl sites for hydroxylation is 1. The van der Waals surface area contributed by atoms with Crippen LogP contribution in [0.1, 0.15) is 46.4 Å². The van der Waals surface area contributed by atoms with E-state index < -0.39 is 0 Å². The lowest BCUT2D eigenvalue weighted by molar-refractivity contribution is -0.116. The van der Waals surface area contributed by atoms with Crippen molar-refractivity contribution in [3.05, 3.63) is 33.0 Å². The Morgan fingerprint density at radius 2 is 2.29 bits per heavy atom. The van der Waals surface area contributed by atoms with Crippen molar-refractivity contribution in [3.63, 3.8) is 0 Å². The number of thiophene rings is 1. The average Bonchev–Trinajstić information content (AvgIpc) is 3.20. The van der Waals surface area contributed by atoms with Crippen molar-refractivity contribution in [3.8, 4) is 0 Å². The predicted molar refractivity (Wildman–Crippen MR) is 97.8 cm³/mol. The zero-order valence-corrected chi connectivity index (χ0v) is 15.3. The van der Waals surface area contributed by atoms with Crippen LogP contribution in [0.5, 0.6) is 0 Å². The second-order valence-corrected chi connectivity index (χ2v) is 8.15. The van der Waals surface area contributed by atoms with Crippen LogP contribution in [-0.4, -0.2) is 23.3 Å². The molecule has 3 rings (SSSR count). The van der Waals surface area contributed by atoms with Gasteiger partial charge in [0.15, 0.2) is 5.13 Å². The number of fused-ring (bicyclic) bond motifs is 1. The van der Waals surface area contributed by atoms with Gasteiger partial charge in [-0.05, 0) is 43.0 Å². The van der Waals surface area contributed by atoms with Gasteiger partial charge in [-0.25, -0.2) is 4.98 Å². The standard InChI is InChI=1S/C17H21N3O2S2/c1-11-6-7-12-14(10-11)24-17(19-12)20-15(21)5-2-8-18-16(22)13-4-3-9-23-13/h3-4,9,11H,2,5-8,10H2,1H3,(H,18,22)(H,19,20,21). The lowest BCUT2D eigenvalue weighted by Crippen LogP contribution is -2.24. The maximum atomic E-state index is 12.0. The highest BCUT2D eigenvalue weighted by Gasteiger charge is 2.20. The summed E-state index contributed by atoms with van der Waals surface area (Å²) < 4.78 is 0. The second-order valence-electron chi connectivity index (χ2n) is 6.12. The Morgan fingerprint density at radius 1 is 1.42 bits per heavy atom. The monoisotopic (exact) mass is 363 g/mol. The fourth-order valence-corrected chi connectivity index (χ4v) is 4.55. The zero-order valence-electron chi connectivity index (χ0n) is 13.6. The summed E-state index contributed by atoms with van der Waals surface area (Å²) in [5.74, 6) is 0.583. The van der Waals surface area contributed by atoms with E-state index in [9.17, 15) is 9.59 Å². The second kappa shape index (κ2) is 7.90. The Bertz CT molecular complexity index is 709. The minimum atomic E-state index is -0.0767. The minimum absolute atomic E-state index is 0.0421. The molecule has 7 heteroatoms. The van der Waals surface area contributed by atoms with Crippen molar-refractivity contribution in [2.45, 2.75) is 39.0 Å². The van der Waals surface area contributed by atoms with Crippen LogP contribution in [0.2, 0.25) is 0 Å². The summed E-state index contributed by atoms with van der Waals surface area (Å²) >= 11 is 3.01. The topological polar surface area (TPSA) is 71.1 Å². The first kappa shape index (κ1) is 17.1. The van der Waals surface area contributed by atoms with E-state index in [1.165, 1.54) is 22.6 Å².